The van der Waals surface area contributed by atoms with Crippen LogP contribution in [0.5, 0.6) is 0 Å². The molecule has 10 heavy (non-hydrogen) atoms. The van der Waals surface area contributed by atoms with Gasteiger partial charge in [0.2, 0.25) is 0 Å². The lowest BCUT2D eigenvalue weighted by Gasteiger charge is -2.17. The molecule has 0 aliphatic carbocycles. The van der Waals surface area contributed by atoms with Crippen LogP contribution in [0.25, 0.3) is 0 Å². The second kappa shape index (κ2) is 1.95. The minimum atomic E-state index is -0.604. The summed E-state index contributed by atoms with van der Waals surface area (Å²) in [6, 6.07) is 0. The predicted octanol–water partition coefficient (Wildman–Crippen LogP) is 0.0227. The quantitative estimate of drug-likeness (QED) is 0.559. The molecule has 2 aliphatic rings. The van der Waals surface area contributed by atoms with Crippen LogP contribution in [0.3, 0.4) is 0 Å². The third-order valence-corrected chi connectivity index (χ3v) is 2.65. The highest BCUT2D eigenvalue weighted by Gasteiger charge is 2.41. The van der Waals surface area contributed by atoms with E-state index in [1.807, 2.05) is 0 Å². The number of aliphatic carboxylic acids is 1. The second-order valence-electron chi connectivity index (χ2n) is 3.25. The van der Waals surface area contributed by atoms with E-state index < -0.39 is 5.97 Å². The van der Waals surface area contributed by atoms with Gasteiger partial charge in [0.1, 0.15) is 0 Å². The van der Waals surface area contributed by atoms with E-state index in [0.717, 1.165) is 26.1 Å². The zero-order valence-electron chi connectivity index (χ0n) is 5.79. The molecule has 3 heteroatoms. The highest BCUT2D eigenvalue weighted by Crippen LogP contribution is 2.32. The van der Waals surface area contributed by atoms with E-state index >= 15 is 0 Å². The van der Waals surface area contributed by atoms with E-state index in [4.69, 9.17) is 5.11 Å². The Hall–Kier alpha value is -0.570. The molecule has 2 heterocycles. The van der Waals surface area contributed by atoms with Gasteiger partial charge in [-0.3, -0.25) is 4.79 Å². The van der Waals surface area contributed by atoms with E-state index in [1.54, 1.807) is 0 Å². The molecule has 2 bridgehead atoms. The van der Waals surface area contributed by atoms with Crippen LogP contribution in [0, 0.1) is 11.8 Å². The number of carboxylic acids is 1. The monoisotopic (exact) mass is 141 g/mol. The van der Waals surface area contributed by atoms with E-state index in [-0.39, 0.29) is 5.92 Å². The fourth-order valence-electron chi connectivity index (χ4n) is 2.06. The second-order valence-corrected chi connectivity index (χ2v) is 3.25. The van der Waals surface area contributed by atoms with Gasteiger partial charge in [-0.1, -0.05) is 0 Å². The average molecular weight is 141 g/mol. The van der Waals surface area contributed by atoms with Crippen molar-refractivity contribution in [3.63, 3.8) is 0 Å². The molecule has 0 aromatic carbocycles. The molecule has 2 saturated heterocycles. The molecule has 1 N–H and O–H groups in total. The van der Waals surface area contributed by atoms with Gasteiger partial charge in [0.25, 0.3) is 0 Å². The summed E-state index contributed by atoms with van der Waals surface area (Å²) >= 11 is 0. The minimum Gasteiger partial charge on any atom is -0.481 e. The van der Waals surface area contributed by atoms with E-state index in [9.17, 15) is 4.79 Å². The summed E-state index contributed by atoms with van der Waals surface area (Å²) in [5, 5.41) is 8.71. The molecule has 0 radical (unpaired) electrons. The molecule has 2 fully saturated rings. The van der Waals surface area contributed by atoms with Gasteiger partial charge in [0.05, 0.1) is 5.92 Å². The maximum absolute atomic E-state index is 10.6. The van der Waals surface area contributed by atoms with Crippen molar-refractivity contribution in [2.24, 2.45) is 11.8 Å². The van der Waals surface area contributed by atoms with Crippen LogP contribution in [-0.2, 0) is 4.79 Å². The standard InChI is InChI=1S/C7H11NO2/c9-7(10)6-4-8-2-1-5(6)3-8/h5-6H,1-4H2,(H,9,10)/t5-,6+/m1/s1. The molecular formula is C7H11NO2. The first-order valence-electron chi connectivity index (χ1n) is 3.72. The predicted molar refractivity (Wildman–Crippen MR) is 35.7 cm³/mol. The van der Waals surface area contributed by atoms with Crippen LogP contribution in [0.15, 0.2) is 0 Å². The molecule has 3 atom stereocenters. The van der Waals surface area contributed by atoms with Gasteiger partial charge in [-0.05, 0) is 18.9 Å². The summed E-state index contributed by atoms with van der Waals surface area (Å²) in [6.45, 7) is 2.94. The SMILES string of the molecule is O=C(O)[C@H]1CN2CC[C@@H]1C2. The Morgan fingerprint density at radius 2 is 2.30 bits per heavy atom. The summed E-state index contributed by atoms with van der Waals surface area (Å²) in [5.41, 5.74) is 0. The number of carbonyl (C=O) groups is 1. The summed E-state index contributed by atoms with van der Waals surface area (Å²) in [4.78, 5) is 12.8. The Morgan fingerprint density at radius 1 is 1.50 bits per heavy atom. The van der Waals surface area contributed by atoms with E-state index in [1.165, 1.54) is 0 Å². The number of hydrogen-bond donors (Lipinski definition) is 1. The zero-order valence-corrected chi connectivity index (χ0v) is 5.79. The van der Waals surface area contributed by atoms with Gasteiger partial charge in [-0.25, -0.2) is 0 Å². The highest BCUT2D eigenvalue weighted by molar-refractivity contribution is 5.71. The molecule has 0 aromatic rings. The highest BCUT2D eigenvalue weighted by atomic mass is 16.4. The van der Waals surface area contributed by atoms with E-state index in [0.29, 0.717) is 5.92 Å². The maximum Gasteiger partial charge on any atom is 0.308 e. The van der Waals surface area contributed by atoms with E-state index in [2.05, 4.69) is 4.90 Å². The molecule has 0 amide bonds. The molecule has 1 unspecified atom stereocenters. The summed E-state index contributed by atoms with van der Waals surface area (Å²) < 4.78 is 0. The van der Waals surface area contributed by atoms with Crippen molar-refractivity contribution in [2.45, 2.75) is 6.42 Å². The van der Waals surface area contributed by atoms with Crippen molar-refractivity contribution < 1.29 is 9.90 Å². The Morgan fingerprint density at radius 3 is 2.60 bits per heavy atom. The van der Waals surface area contributed by atoms with Crippen LogP contribution in [0.1, 0.15) is 6.42 Å². The lowest BCUT2D eigenvalue weighted by molar-refractivity contribution is -0.143. The van der Waals surface area contributed by atoms with Gasteiger partial charge in [0, 0.05) is 13.1 Å². The summed E-state index contributed by atoms with van der Waals surface area (Å²) in [5.74, 6) is -0.210. The molecule has 56 valence electrons. The number of hydrogen-bond acceptors (Lipinski definition) is 2. The zero-order chi connectivity index (χ0) is 7.14. The Balaban J connectivity index is 2.08. The first-order chi connectivity index (χ1) is 4.77. The van der Waals surface area contributed by atoms with Gasteiger partial charge < -0.3 is 10.0 Å². The van der Waals surface area contributed by atoms with Crippen LogP contribution in [0.2, 0.25) is 0 Å². The van der Waals surface area contributed by atoms with Crippen LogP contribution >= 0.6 is 0 Å². The fraction of sp³-hybridized carbons (Fsp3) is 0.857. The molecule has 0 aromatic heterocycles. The molecule has 0 spiro atoms. The van der Waals surface area contributed by atoms with Gasteiger partial charge in [-0.15, -0.1) is 0 Å². The third kappa shape index (κ3) is 0.736. The lowest BCUT2D eigenvalue weighted by atomic mass is 9.93. The smallest absolute Gasteiger partial charge is 0.308 e. The molecule has 0 saturated carbocycles. The first kappa shape index (κ1) is 6.16. The van der Waals surface area contributed by atoms with Crippen molar-refractivity contribution >= 4 is 5.97 Å². The molecule has 2 rings (SSSR count). The van der Waals surface area contributed by atoms with Crippen molar-refractivity contribution in [1.82, 2.24) is 4.90 Å². The lowest BCUT2D eigenvalue weighted by Crippen LogP contribution is -2.28. The summed E-state index contributed by atoms with van der Waals surface area (Å²) in [6.07, 6.45) is 1.09. The third-order valence-electron chi connectivity index (χ3n) is 2.65. The van der Waals surface area contributed by atoms with Crippen LogP contribution < -0.4 is 0 Å². The van der Waals surface area contributed by atoms with Crippen molar-refractivity contribution in [2.75, 3.05) is 19.6 Å². The molecule has 3 nitrogen and oxygen atoms in total. The number of carboxylic acid groups (broad SMARTS) is 1. The maximum atomic E-state index is 10.6. The molecule has 2 aliphatic heterocycles. The van der Waals surface area contributed by atoms with Crippen molar-refractivity contribution in [1.29, 1.82) is 0 Å². The van der Waals surface area contributed by atoms with Crippen molar-refractivity contribution in [3.05, 3.63) is 0 Å². The Bertz CT molecular complexity index is 169. The van der Waals surface area contributed by atoms with Gasteiger partial charge in [0.15, 0.2) is 0 Å². The van der Waals surface area contributed by atoms with Crippen molar-refractivity contribution in [3.8, 4) is 0 Å². The number of nitrogens with zero attached hydrogens (tertiary/aromatic N) is 1. The summed E-state index contributed by atoms with van der Waals surface area (Å²) in [7, 11) is 0. The number of rotatable bonds is 1. The minimum absolute atomic E-state index is 0.0613. The average Bonchev–Trinajstić information content (AvgIpc) is 2.44. The largest absolute Gasteiger partial charge is 0.481 e. The normalized spacial score (nSPS) is 44.2. The fourth-order valence-corrected chi connectivity index (χ4v) is 2.06. The van der Waals surface area contributed by atoms with Gasteiger partial charge >= 0.3 is 5.97 Å². The van der Waals surface area contributed by atoms with Crippen LogP contribution in [0.4, 0.5) is 0 Å². The van der Waals surface area contributed by atoms with Gasteiger partial charge in [-0.2, -0.15) is 0 Å². The Kier molecular flexibility index (Phi) is 1.20. The topological polar surface area (TPSA) is 40.5 Å². The molecular weight excluding hydrogens is 130 g/mol. The van der Waals surface area contributed by atoms with Crippen LogP contribution in [-0.4, -0.2) is 35.6 Å². The Labute approximate surface area is 59.6 Å². The first-order valence-corrected chi connectivity index (χ1v) is 3.72. The number of piperidine rings is 1. The number of fused-ring (bicyclic) bond motifs is 2.